The minimum absolute atomic E-state index is 0.281. The highest BCUT2D eigenvalue weighted by molar-refractivity contribution is 6.37. The lowest BCUT2D eigenvalue weighted by Crippen LogP contribution is -2.16. The van der Waals surface area contributed by atoms with Crippen molar-refractivity contribution < 1.29 is 17.9 Å². The molecule has 0 spiro atoms. The van der Waals surface area contributed by atoms with Crippen molar-refractivity contribution >= 4 is 28.9 Å². The molecule has 0 fully saturated rings. The SMILES string of the molecule is Nc1c(Cl)cc(Cl)cc1-c1ccc(OC(F)(F)F)cc1. The summed E-state index contributed by atoms with van der Waals surface area (Å²) in [4.78, 5) is 0. The molecule has 106 valence electrons. The van der Waals surface area contributed by atoms with Crippen molar-refractivity contribution in [2.75, 3.05) is 5.73 Å². The Morgan fingerprint density at radius 1 is 1.00 bits per heavy atom. The van der Waals surface area contributed by atoms with Crippen LogP contribution in [-0.4, -0.2) is 6.36 Å². The van der Waals surface area contributed by atoms with Gasteiger partial charge in [-0.1, -0.05) is 35.3 Å². The van der Waals surface area contributed by atoms with Crippen molar-refractivity contribution in [3.05, 3.63) is 46.4 Å². The fraction of sp³-hybridized carbons (Fsp3) is 0.0769. The molecule has 2 aromatic rings. The van der Waals surface area contributed by atoms with Crippen molar-refractivity contribution in [3.63, 3.8) is 0 Å². The molecule has 0 aliphatic rings. The van der Waals surface area contributed by atoms with E-state index in [1.807, 2.05) is 0 Å². The van der Waals surface area contributed by atoms with Gasteiger partial charge in [-0.15, -0.1) is 13.2 Å². The summed E-state index contributed by atoms with van der Waals surface area (Å²) < 4.78 is 40.0. The predicted octanol–water partition coefficient (Wildman–Crippen LogP) is 5.14. The van der Waals surface area contributed by atoms with Crippen LogP contribution < -0.4 is 10.5 Å². The topological polar surface area (TPSA) is 35.2 Å². The van der Waals surface area contributed by atoms with E-state index in [2.05, 4.69) is 4.74 Å². The lowest BCUT2D eigenvalue weighted by Gasteiger charge is -2.11. The Morgan fingerprint density at radius 3 is 2.15 bits per heavy atom. The number of hydrogen-bond donors (Lipinski definition) is 1. The first-order valence-corrected chi connectivity index (χ1v) is 6.12. The van der Waals surface area contributed by atoms with Gasteiger partial charge in [0.25, 0.3) is 0 Å². The first-order valence-electron chi connectivity index (χ1n) is 5.37. The molecule has 0 aromatic heterocycles. The zero-order valence-corrected chi connectivity index (χ0v) is 11.4. The van der Waals surface area contributed by atoms with Crippen LogP contribution in [0.5, 0.6) is 5.75 Å². The average Bonchev–Trinajstić information content (AvgIpc) is 2.33. The van der Waals surface area contributed by atoms with Crippen LogP contribution in [0.25, 0.3) is 11.1 Å². The van der Waals surface area contributed by atoms with Gasteiger partial charge in [0.15, 0.2) is 0 Å². The van der Waals surface area contributed by atoms with Crippen LogP contribution >= 0.6 is 23.2 Å². The van der Waals surface area contributed by atoms with Crippen LogP contribution in [0.3, 0.4) is 0 Å². The molecule has 0 bridgehead atoms. The van der Waals surface area contributed by atoms with Gasteiger partial charge in [-0.2, -0.15) is 0 Å². The number of nitrogen functional groups attached to an aromatic ring is 1. The molecule has 0 radical (unpaired) electrons. The van der Waals surface area contributed by atoms with Crippen molar-refractivity contribution in [1.82, 2.24) is 0 Å². The summed E-state index contributed by atoms with van der Waals surface area (Å²) in [6.45, 7) is 0. The quantitative estimate of drug-likeness (QED) is 0.777. The van der Waals surface area contributed by atoms with Crippen LogP contribution in [0, 0.1) is 0 Å². The molecule has 0 saturated carbocycles. The summed E-state index contributed by atoms with van der Waals surface area (Å²) in [5.74, 6) is -0.312. The van der Waals surface area contributed by atoms with E-state index in [0.717, 1.165) is 0 Å². The number of rotatable bonds is 2. The van der Waals surface area contributed by atoms with Gasteiger partial charge in [0, 0.05) is 10.6 Å². The molecule has 0 heterocycles. The van der Waals surface area contributed by atoms with E-state index in [-0.39, 0.29) is 10.8 Å². The standard InChI is InChI=1S/C13H8Cl2F3NO/c14-8-5-10(12(19)11(15)6-8)7-1-3-9(4-2-7)20-13(16,17)18/h1-6H,19H2. The largest absolute Gasteiger partial charge is 0.573 e. The molecule has 2 N–H and O–H groups in total. The average molecular weight is 322 g/mol. The molecule has 0 atom stereocenters. The van der Waals surface area contributed by atoms with Gasteiger partial charge in [-0.25, -0.2) is 0 Å². The van der Waals surface area contributed by atoms with Crippen LogP contribution in [0.1, 0.15) is 0 Å². The van der Waals surface area contributed by atoms with Gasteiger partial charge in [-0.3, -0.25) is 0 Å². The zero-order valence-electron chi connectivity index (χ0n) is 9.84. The smallest absolute Gasteiger partial charge is 0.406 e. The van der Waals surface area contributed by atoms with E-state index in [9.17, 15) is 13.2 Å². The molecule has 2 rings (SSSR count). The van der Waals surface area contributed by atoms with E-state index < -0.39 is 6.36 Å². The molecule has 20 heavy (non-hydrogen) atoms. The molecular weight excluding hydrogens is 314 g/mol. The maximum atomic E-state index is 12.1. The molecule has 2 aromatic carbocycles. The number of anilines is 1. The third kappa shape index (κ3) is 3.49. The zero-order chi connectivity index (χ0) is 14.9. The number of halogens is 5. The Bertz CT molecular complexity index is 627. The van der Waals surface area contributed by atoms with Gasteiger partial charge in [0.1, 0.15) is 5.75 Å². The Hall–Kier alpha value is -1.59. The normalized spacial score (nSPS) is 11.4. The molecule has 7 heteroatoms. The number of nitrogens with two attached hydrogens (primary N) is 1. The van der Waals surface area contributed by atoms with Gasteiger partial charge < -0.3 is 10.5 Å². The molecule has 0 aliphatic carbocycles. The fourth-order valence-corrected chi connectivity index (χ4v) is 2.15. The van der Waals surface area contributed by atoms with Crippen LogP contribution in [0.4, 0.5) is 18.9 Å². The maximum Gasteiger partial charge on any atom is 0.573 e. The lowest BCUT2D eigenvalue weighted by atomic mass is 10.0. The molecular formula is C13H8Cl2F3NO. The third-order valence-corrected chi connectivity index (χ3v) is 3.02. The minimum Gasteiger partial charge on any atom is -0.406 e. The predicted molar refractivity (Wildman–Crippen MR) is 73.0 cm³/mol. The first-order chi connectivity index (χ1) is 9.26. The summed E-state index contributed by atoms with van der Waals surface area (Å²) in [6.07, 6.45) is -4.72. The van der Waals surface area contributed by atoms with Gasteiger partial charge >= 0.3 is 6.36 Å². The van der Waals surface area contributed by atoms with E-state index in [1.54, 1.807) is 6.07 Å². The van der Waals surface area contributed by atoms with E-state index in [0.29, 0.717) is 21.8 Å². The van der Waals surface area contributed by atoms with Crippen molar-refractivity contribution in [3.8, 4) is 16.9 Å². The van der Waals surface area contributed by atoms with Crippen LogP contribution in [-0.2, 0) is 0 Å². The lowest BCUT2D eigenvalue weighted by molar-refractivity contribution is -0.274. The summed E-state index contributed by atoms with van der Waals surface area (Å²) in [5, 5.41) is 0.665. The summed E-state index contributed by atoms with van der Waals surface area (Å²) >= 11 is 11.8. The Balaban J connectivity index is 2.36. The van der Waals surface area contributed by atoms with Gasteiger partial charge in [0.2, 0.25) is 0 Å². The highest BCUT2D eigenvalue weighted by Crippen LogP contribution is 2.35. The van der Waals surface area contributed by atoms with E-state index in [4.69, 9.17) is 28.9 Å². The van der Waals surface area contributed by atoms with Crippen molar-refractivity contribution in [2.45, 2.75) is 6.36 Å². The van der Waals surface area contributed by atoms with Crippen molar-refractivity contribution in [2.24, 2.45) is 0 Å². The van der Waals surface area contributed by atoms with Crippen molar-refractivity contribution in [1.29, 1.82) is 0 Å². The van der Waals surface area contributed by atoms with Crippen LogP contribution in [0.2, 0.25) is 10.0 Å². The Morgan fingerprint density at radius 2 is 1.60 bits per heavy atom. The number of alkyl halides is 3. The fourth-order valence-electron chi connectivity index (χ4n) is 1.66. The second-order valence-electron chi connectivity index (χ2n) is 3.92. The third-order valence-electron chi connectivity index (χ3n) is 2.49. The second kappa shape index (κ2) is 5.42. The molecule has 0 saturated heterocycles. The Labute approximate surface area is 122 Å². The summed E-state index contributed by atoms with van der Waals surface area (Å²) in [6, 6.07) is 8.35. The minimum atomic E-state index is -4.72. The van der Waals surface area contributed by atoms with E-state index in [1.165, 1.54) is 30.3 Å². The highest BCUT2D eigenvalue weighted by Gasteiger charge is 2.30. The maximum absolute atomic E-state index is 12.1. The molecule has 0 amide bonds. The first kappa shape index (κ1) is 14.8. The molecule has 0 aliphatic heterocycles. The second-order valence-corrected chi connectivity index (χ2v) is 4.76. The summed E-state index contributed by atoms with van der Waals surface area (Å²) in [5.41, 5.74) is 7.25. The van der Waals surface area contributed by atoms with Gasteiger partial charge in [0.05, 0.1) is 10.7 Å². The summed E-state index contributed by atoms with van der Waals surface area (Å²) in [7, 11) is 0. The number of benzene rings is 2. The molecule has 0 unspecified atom stereocenters. The Kier molecular flexibility index (Phi) is 4.01. The number of hydrogen-bond acceptors (Lipinski definition) is 2. The number of ether oxygens (including phenoxy) is 1. The monoisotopic (exact) mass is 321 g/mol. The van der Waals surface area contributed by atoms with Gasteiger partial charge in [-0.05, 0) is 29.8 Å². The van der Waals surface area contributed by atoms with Crippen LogP contribution in [0.15, 0.2) is 36.4 Å². The van der Waals surface area contributed by atoms with E-state index >= 15 is 0 Å². The molecule has 2 nitrogen and oxygen atoms in total. The highest BCUT2D eigenvalue weighted by atomic mass is 35.5.